The van der Waals surface area contributed by atoms with E-state index in [1.54, 1.807) is 31.1 Å². The van der Waals surface area contributed by atoms with Crippen molar-refractivity contribution in [1.82, 2.24) is 4.98 Å². The van der Waals surface area contributed by atoms with E-state index in [9.17, 15) is 9.18 Å². The molecule has 0 saturated heterocycles. The Hall–Kier alpha value is -2.73. The normalized spacial score (nSPS) is 10.6. The van der Waals surface area contributed by atoms with Crippen LogP contribution in [-0.4, -0.2) is 18.0 Å². The number of amides is 1. The Morgan fingerprint density at radius 3 is 2.38 bits per heavy atom. The minimum absolute atomic E-state index is 0.0911. The molecule has 1 aromatic heterocycles. The van der Waals surface area contributed by atoms with Gasteiger partial charge >= 0.3 is 0 Å². The third-order valence-electron chi connectivity index (χ3n) is 3.98. The van der Waals surface area contributed by atoms with Crippen molar-refractivity contribution >= 4 is 28.1 Å². The molecule has 3 aromatic rings. The summed E-state index contributed by atoms with van der Waals surface area (Å²) in [6, 6.07) is 13.5. The van der Waals surface area contributed by atoms with E-state index in [-0.39, 0.29) is 11.7 Å². The van der Waals surface area contributed by atoms with Gasteiger partial charge in [-0.1, -0.05) is 6.92 Å². The lowest BCUT2D eigenvalue weighted by Gasteiger charge is -2.19. The Kier molecular flexibility index (Phi) is 5.32. The molecule has 0 bridgehead atoms. The van der Waals surface area contributed by atoms with E-state index >= 15 is 0 Å². The molecular formula is C20H19FN2O2S. The fourth-order valence-electron chi connectivity index (χ4n) is 2.60. The second-order valence-electron chi connectivity index (χ2n) is 5.69. The standard InChI is InChI=1S/C20H19FN2O2S/c1-4-18(24)23(16-9-7-15(21)8-10-16)20-22-19(13(2)26-20)14-5-11-17(25-3)12-6-14/h5-12H,4H2,1-3H3. The van der Waals surface area contributed by atoms with E-state index in [0.29, 0.717) is 17.2 Å². The van der Waals surface area contributed by atoms with Crippen LogP contribution in [0.5, 0.6) is 5.75 Å². The van der Waals surface area contributed by atoms with Gasteiger partial charge in [0.05, 0.1) is 18.5 Å². The number of ether oxygens (including phenoxy) is 1. The molecule has 0 spiro atoms. The lowest BCUT2D eigenvalue weighted by atomic mass is 10.1. The molecule has 0 radical (unpaired) electrons. The van der Waals surface area contributed by atoms with E-state index in [1.165, 1.54) is 23.5 Å². The lowest BCUT2D eigenvalue weighted by Crippen LogP contribution is -2.24. The molecule has 0 aliphatic rings. The van der Waals surface area contributed by atoms with Gasteiger partial charge in [-0.2, -0.15) is 0 Å². The van der Waals surface area contributed by atoms with Crippen LogP contribution >= 0.6 is 11.3 Å². The monoisotopic (exact) mass is 370 g/mol. The minimum Gasteiger partial charge on any atom is -0.497 e. The number of halogens is 1. The van der Waals surface area contributed by atoms with Crippen molar-refractivity contribution in [3.8, 4) is 17.0 Å². The molecule has 134 valence electrons. The molecule has 0 atom stereocenters. The predicted octanol–water partition coefficient (Wildman–Crippen LogP) is 5.34. The molecule has 1 amide bonds. The van der Waals surface area contributed by atoms with Crippen molar-refractivity contribution in [2.45, 2.75) is 20.3 Å². The molecule has 0 aliphatic heterocycles. The summed E-state index contributed by atoms with van der Waals surface area (Å²) in [6.07, 6.45) is 0.327. The van der Waals surface area contributed by atoms with Crippen LogP contribution < -0.4 is 9.64 Å². The van der Waals surface area contributed by atoms with Gasteiger partial charge in [0.25, 0.3) is 0 Å². The summed E-state index contributed by atoms with van der Waals surface area (Å²) in [6.45, 7) is 3.77. The molecule has 0 fully saturated rings. The van der Waals surface area contributed by atoms with Crippen LogP contribution in [0.25, 0.3) is 11.3 Å². The van der Waals surface area contributed by atoms with Crippen molar-refractivity contribution < 1.29 is 13.9 Å². The first-order valence-corrected chi connectivity index (χ1v) is 9.05. The Bertz CT molecular complexity index is 905. The number of hydrogen-bond donors (Lipinski definition) is 0. The smallest absolute Gasteiger partial charge is 0.233 e. The van der Waals surface area contributed by atoms with Crippen molar-refractivity contribution in [2.75, 3.05) is 12.0 Å². The molecule has 3 rings (SSSR count). The molecule has 26 heavy (non-hydrogen) atoms. The highest BCUT2D eigenvalue weighted by Gasteiger charge is 2.22. The fraction of sp³-hybridized carbons (Fsp3) is 0.200. The molecule has 2 aromatic carbocycles. The number of benzene rings is 2. The maximum Gasteiger partial charge on any atom is 0.233 e. The average Bonchev–Trinajstić information content (AvgIpc) is 3.04. The lowest BCUT2D eigenvalue weighted by molar-refractivity contribution is -0.117. The molecular weight excluding hydrogens is 351 g/mol. The number of rotatable bonds is 5. The summed E-state index contributed by atoms with van der Waals surface area (Å²) in [7, 11) is 1.62. The first-order valence-electron chi connectivity index (χ1n) is 8.24. The molecule has 0 unspecified atom stereocenters. The van der Waals surface area contributed by atoms with Crippen LogP contribution in [0, 0.1) is 12.7 Å². The number of carbonyl (C=O) groups is 1. The van der Waals surface area contributed by atoms with Gasteiger partial charge in [-0.3, -0.25) is 9.69 Å². The molecule has 0 saturated carbocycles. The quantitative estimate of drug-likeness (QED) is 0.609. The van der Waals surface area contributed by atoms with Crippen LogP contribution in [0.3, 0.4) is 0 Å². The van der Waals surface area contributed by atoms with Crippen molar-refractivity contribution in [3.63, 3.8) is 0 Å². The summed E-state index contributed by atoms with van der Waals surface area (Å²) >= 11 is 1.44. The zero-order valence-electron chi connectivity index (χ0n) is 14.8. The van der Waals surface area contributed by atoms with Crippen LogP contribution in [-0.2, 0) is 4.79 Å². The third-order valence-corrected chi connectivity index (χ3v) is 4.93. The van der Waals surface area contributed by atoms with Gasteiger partial charge in [0, 0.05) is 16.9 Å². The van der Waals surface area contributed by atoms with Gasteiger partial charge in [-0.25, -0.2) is 9.37 Å². The van der Waals surface area contributed by atoms with Gasteiger partial charge < -0.3 is 4.74 Å². The van der Waals surface area contributed by atoms with Gasteiger partial charge in [-0.05, 0) is 55.5 Å². The largest absolute Gasteiger partial charge is 0.497 e. The summed E-state index contributed by atoms with van der Waals surface area (Å²) < 4.78 is 18.5. The van der Waals surface area contributed by atoms with E-state index in [2.05, 4.69) is 0 Å². The predicted molar refractivity (Wildman–Crippen MR) is 103 cm³/mol. The van der Waals surface area contributed by atoms with E-state index in [4.69, 9.17) is 9.72 Å². The Morgan fingerprint density at radius 2 is 1.81 bits per heavy atom. The third kappa shape index (κ3) is 3.60. The fourth-order valence-corrected chi connectivity index (χ4v) is 3.57. The van der Waals surface area contributed by atoms with Crippen LogP contribution in [0.15, 0.2) is 48.5 Å². The van der Waals surface area contributed by atoms with Gasteiger partial charge in [0.15, 0.2) is 5.13 Å². The van der Waals surface area contributed by atoms with Crippen LogP contribution in [0.4, 0.5) is 15.2 Å². The maximum atomic E-state index is 13.3. The van der Waals surface area contributed by atoms with Gasteiger partial charge in [0.2, 0.25) is 5.91 Å². The first-order chi connectivity index (χ1) is 12.5. The van der Waals surface area contributed by atoms with E-state index < -0.39 is 0 Å². The molecule has 4 nitrogen and oxygen atoms in total. The molecule has 1 heterocycles. The van der Waals surface area contributed by atoms with Crippen LogP contribution in [0.2, 0.25) is 0 Å². The summed E-state index contributed by atoms with van der Waals surface area (Å²) in [4.78, 5) is 19.8. The number of hydrogen-bond acceptors (Lipinski definition) is 4. The Morgan fingerprint density at radius 1 is 1.15 bits per heavy atom. The minimum atomic E-state index is -0.341. The maximum absolute atomic E-state index is 13.3. The van der Waals surface area contributed by atoms with E-state index in [0.717, 1.165) is 21.9 Å². The summed E-state index contributed by atoms with van der Waals surface area (Å²) in [5.74, 6) is 0.342. The highest BCUT2D eigenvalue weighted by atomic mass is 32.1. The second kappa shape index (κ2) is 7.66. The Labute approximate surface area is 155 Å². The highest BCUT2D eigenvalue weighted by Crippen LogP contribution is 2.36. The number of methoxy groups -OCH3 is 1. The molecule has 0 aliphatic carbocycles. The number of aromatic nitrogens is 1. The second-order valence-corrected chi connectivity index (χ2v) is 6.87. The number of anilines is 2. The average molecular weight is 370 g/mol. The summed E-state index contributed by atoms with van der Waals surface area (Å²) in [5, 5.41) is 0.576. The number of thiazole rings is 1. The number of nitrogens with zero attached hydrogens (tertiary/aromatic N) is 2. The molecule has 0 N–H and O–H groups in total. The van der Waals surface area contributed by atoms with E-state index in [1.807, 2.05) is 31.2 Å². The topological polar surface area (TPSA) is 42.4 Å². The Balaban J connectivity index is 2.02. The SMILES string of the molecule is CCC(=O)N(c1ccc(F)cc1)c1nc(-c2ccc(OC)cc2)c(C)s1. The zero-order chi connectivity index (χ0) is 18.7. The highest BCUT2D eigenvalue weighted by molar-refractivity contribution is 7.16. The van der Waals surface area contributed by atoms with Crippen molar-refractivity contribution in [1.29, 1.82) is 0 Å². The van der Waals surface area contributed by atoms with Gasteiger partial charge in [0.1, 0.15) is 11.6 Å². The summed E-state index contributed by atoms with van der Waals surface area (Å²) in [5.41, 5.74) is 2.38. The first kappa shape index (κ1) is 18.1. The van der Waals surface area contributed by atoms with Crippen molar-refractivity contribution in [2.24, 2.45) is 0 Å². The van der Waals surface area contributed by atoms with Crippen LogP contribution in [0.1, 0.15) is 18.2 Å². The zero-order valence-corrected chi connectivity index (χ0v) is 15.6. The van der Waals surface area contributed by atoms with Crippen molar-refractivity contribution in [3.05, 3.63) is 59.2 Å². The van der Waals surface area contributed by atoms with Gasteiger partial charge in [-0.15, -0.1) is 11.3 Å². The molecule has 6 heteroatoms. The number of carbonyl (C=O) groups excluding carboxylic acids is 1. The number of aryl methyl sites for hydroxylation is 1.